The first-order chi connectivity index (χ1) is 12.5. The molecule has 0 aliphatic heterocycles. The summed E-state index contributed by atoms with van der Waals surface area (Å²) in [5.41, 5.74) is 4.77. The van der Waals surface area contributed by atoms with Crippen LogP contribution in [0.25, 0.3) is 10.8 Å². The van der Waals surface area contributed by atoms with Gasteiger partial charge >= 0.3 is 0 Å². The molecule has 7 nitrogen and oxygen atoms in total. The van der Waals surface area contributed by atoms with Crippen molar-refractivity contribution >= 4 is 34.2 Å². The zero-order valence-electron chi connectivity index (χ0n) is 13.8. The number of carbonyl (C=O) groups is 2. The smallest absolute Gasteiger partial charge is 0.267 e. The molecule has 1 aromatic heterocycles. The molecule has 2 N–H and O–H groups in total. The number of benzene rings is 2. The molecule has 26 heavy (non-hydrogen) atoms. The molecule has 0 unspecified atom stereocenters. The molecule has 8 heteroatoms. The summed E-state index contributed by atoms with van der Waals surface area (Å²) in [5, 5.41) is 5.41. The minimum Gasteiger partial charge on any atom is -0.267 e. The lowest BCUT2D eigenvalue weighted by atomic mass is 10.1. The zero-order valence-corrected chi connectivity index (χ0v) is 14.6. The molecule has 3 aromatic rings. The molecule has 2 aromatic carbocycles. The standard InChI is InChI=1S/C18H15ClN4O3/c1-2-23-18(26)14-6-4-3-5-13(14)15(22-23)17(25)21-20-16(24)11-7-9-12(19)10-8-11/h3-10H,2H2,1H3,(H,20,24)(H,21,25). The van der Waals surface area contributed by atoms with Crippen LogP contribution < -0.4 is 16.4 Å². The van der Waals surface area contributed by atoms with Crippen LogP contribution in [0.4, 0.5) is 0 Å². The molecule has 0 radical (unpaired) electrons. The molecule has 2 amide bonds. The van der Waals surface area contributed by atoms with Crippen LogP contribution in [0.5, 0.6) is 0 Å². The molecule has 0 bridgehead atoms. The van der Waals surface area contributed by atoms with Gasteiger partial charge in [0, 0.05) is 22.5 Å². The van der Waals surface area contributed by atoms with E-state index in [2.05, 4.69) is 16.0 Å². The van der Waals surface area contributed by atoms with Crippen molar-refractivity contribution in [3.05, 3.63) is 75.2 Å². The van der Waals surface area contributed by atoms with Crippen molar-refractivity contribution in [2.24, 2.45) is 0 Å². The molecule has 0 saturated heterocycles. The first-order valence-corrected chi connectivity index (χ1v) is 8.25. The predicted octanol–water partition coefficient (Wildman–Crippen LogP) is 2.14. The van der Waals surface area contributed by atoms with E-state index in [1.165, 1.54) is 16.8 Å². The Balaban J connectivity index is 1.86. The topological polar surface area (TPSA) is 93.1 Å². The molecule has 0 saturated carbocycles. The Hall–Kier alpha value is -3.19. The van der Waals surface area contributed by atoms with Crippen molar-refractivity contribution in [2.75, 3.05) is 0 Å². The van der Waals surface area contributed by atoms with Gasteiger partial charge in [0.25, 0.3) is 17.4 Å². The summed E-state index contributed by atoms with van der Waals surface area (Å²) in [6.45, 7) is 2.08. The van der Waals surface area contributed by atoms with E-state index < -0.39 is 11.8 Å². The van der Waals surface area contributed by atoms with Gasteiger partial charge < -0.3 is 0 Å². The number of carbonyl (C=O) groups excluding carboxylic acids is 2. The van der Waals surface area contributed by atoms with Gasteiger partial charge in [0.1, 0.15) is 0 Å². The molecule has 1 heterocycles. The van der Waals surface area contributed by atoms with Crippen LogP contribution >= 0.6 is 11.6 Å². The third-order valence-corrected chi connectivity index (χ3v) is 4.03. The Morgan fingerprint density at radius 2 is 1.62 bits per heavy atom. The first-order valence-electron chi connectivity index (χ1n) is 7.87. The second-order valence-corrected chi connectivity index (χ2v) is 5.87. The van der Waals surface area contributed by atoms with Crippen molar-refractivity contribution < 1.29 is 9.59 Å². The number of hydrogen-bond acceptors (Lipinski definition) is 4. The molecular weight excluding hydrogens is 356 g/mol. The van der Waals surface area contributed by atoms with Crippen molar-refractivity contribution in [3.8, 4) is 0 Å². The molecule has 132 valence electrons. The average molecular weight is 371 g/mol. The average Bonchev–Trinajstić information content (AvgIpc) is 2.67. The number of nitrogens with one attached hydrogen (secondary N) is 2. The van der Waals surface area contributed by atoms with Gasteiger partial charge in [-0.2, -0.15) is 5.10 Å². The summed E-state index contributed by atoms with van der Waals surface area (Å²) in [5.74, 6) is -1.12. The van der Waals surface area contributed by atoms with Crippen LogP contribution in [0.1, 0.15) is 27.8 Å². The van der Waals surface area contributed by atoms with Gasteiger partial charge in [-0.1, -0.05) is 29.8 Å². The SMILES string of the molecule is CCn1nc(C(=O)NNC(=O)c2ccc(Cl)cc2)c2ccccc2c1=O. The molecule has 0 atom stereocenters. The highest BCUT2D eigenvalue weighted by molar-refractivity contribution is 6.30. The van der Waals surface area contributed by atoms with Gasteiger partial charge in [-0.25, -0.2) is 4.68 Å². The quantitative estimate of drug-likeness (QED) is 0.691. The maximum Gasteiger partial charge on any atom is 0.290 e. The second kappa shape index (κ2) is 7.37. The fraction of sp³-hybridized carbons (Fsp3) is 0.111. The summed E-state index contributed by atoms with van der Waals surface area (Å²) in [6.07, 6.45) is 0. The van der Waals surface area contributed by atoms with Gasteiger partial charge in [0.15, 0.2) is 5.69 Å². The van der Waals surface area contributed by atoms with E-state index in [1.54, 1.807) is 43.3 Å². The number of hydrogen-bond donors (Lipinski definition) is 2. The van der Waals surface area contributed by atoms with E-state index in [-0.39, 0.29) is 11.3 Å². The van der Waals surface area contributed by atoms with E-state index in [4.69, 9.17) is 11.6 Å². The van der Waals surface area contributed by atoms with Crippen molar-refractivity contribution in [1.29, 1.82) is 0 Å². The fourth-order valence-corrected chi connectivity index (χ4v) is 2.59. The normalized spacial score (nSPS) is 10.5. The van der Waals surface area contributed by atoms with Gasteiger partial charge in [0.2, 0.25) is 0 Å². The van der Waals surface area contributed by atoms with Crippen molar-refractivity contribution in [1.82, 2.24) is 20.6 Å². The fourth-order valence-electron chi connectivity index (χ4n) is 2.46. The number of aromatic nitrogens is 2. The number of halogens is 1. The lowest BCUT2D eigenvalue weighted by molar-refractivity contribution is 0.0843. The van der Waals surface area contributed by atoms with Gasteiger partial charge in [-0.3, -0.25) is 25.2 Å². The minimum atomic E-state index is -0.620. The van der Waals surface area contributed by atoms with E-state index in [0.717, 1.165) is 0 Å². The molecule has 3 rings (SSSR count). The Morgan fingerprint density at radius 3 is 2.27 bits per heavy atom. The van der Waals surface area contributed by atoms with E-state index in [0.29, 0.717) is 27.9 Å². The summed E-state index contributed by atoms with van der Waals surface area (Å²) in [6, 6.07) is 12.9. The van der Waals surface area contributed by atoms with Crippen LogP contribution in [-0.2, 0) is 6.54 Å². The number of hydrazine groups is 1. The molecule has 0 fully saturated rings. The third-order valence-electron chi connectivity index (χ3n) is 3.78. The van der Waals surface area contributed by atoms with Gasteiger partial charge in [-0.15, -0.1) is 0 Å². The highest BCUT2D eigenvalue weighted by atomic mass is 35.5. The number of rotatable bonds is 3. The predicted molar refractivity (Wildman–Crippen MR) is 98.1 cm³/mol. The van der Waals surface area contributed by atoms with Crippen molar-refractivity contribution in [3.63, 3.8) is 0 Å². The van der Waals surface area contributed by atoms with Gasteiger partial charge in [0.05, 0.1) is 5.39 Å². The number of amides is 2. The maximum absolute atomic E-state index is 12.5. The summed E-state index contributed by atoms with van der Waals surface area (Å²) < 4.78 is 1.21. The summed E-state index contributed by atoms with van der Waals surface area (Å²) >= 11 is 5.78. The lowest BCUT2D eigenvalue weighted by Gasteiger charge is -2.11. The molecule has 0 spiro atoms. The maximum atomic E-state index is 12.5. The summed E-state index contributed by atoms with van der Waals surface area (Å²) in [7, 11) is 0. The van der Waals surface area contributed by atoms with E-state index in [1.807, 2.05) is 0 Å². The highest BCUT2D eigenvalue weighted by Gasteiger charge is 2.17. The first kappa shape index (κ1) is 17.6. The highest BCUT2D eigenvalue weighted by Crippen LogP contribution is 2.13. The Labute approximate surface area is 153 Å². The van der Waals surface area contributed by atoms with Crippen LogP contribution in [-0.4, -0.2) is 21.6 Å². The number of aryl methyl sites for hydroxylation is 1. The Bertz CT molecular complexity index is 1040. The van der Waals surface area contributed by atoms with Crippen molar-refractivity contribution in [2.45, 2.75) is 13.5 Å². The second-order valence-electron chi connectivity index (χ2n) is 5.43. The van der Waals surface area contributed by atoms with E-state index in [9.17, 15) is 14.4 Å². The molecular formula is C18H15ClN4O3. The third kappa shape index (κ3) is 3.43. The van der Waals surface area contributed by atoms with Crippen LogP contribution in [0, 0.1) is 0 Å². The molecule has 0 aliphatic rings. The van der Waals surface area contributed by atoms with Crippen LogP contribution in [0.2, 0.25) is 5.02 Å². The zero-order chi connectivity index (χ0) is 18.7. The van der Waals surface area contributed by atoms with Gasteiger partial charge in [-0.05, 0) is 37.3 Å². The Kier molecular flexibility index (Phi) is 4.99. The van der Waals surface area contributed by atoms with Crippen LogP contribution in [0.15, 0.2) is 53.3 Å². The summed E-state index contributed by atoms with van der Waals surface area (Å²) in [4.78, 5) is 36.9. The largest absolute Gasteiger partial charge is 0.290 e. The minimum absolute atomic E-state index is 0.0541. The monoisotopic (exact) mass is 370 g/mol. The molecule has 0 aliphatic carbocycles. The lowest BCUT2D eigenvalue weighted by Crippen LogP contribution is -2.42. The van der Waals surface area contributed by atoms with Crippen LogP contribution in [0.3, 0.4) is 0 Å². The Morgan fingerprint density at radius 1 is 1.00 bits per heavy atom. The van der Waals surface area contributed by atoms with E-state index >= 15 is 0 Å². The number of fused-ring (bicyclic) bond motifs is 1. The number of nitrogens with zero attached hydrogens (tertiary/aromatic N) is 2.